The second kappa shape index (κ2) is 7.22. The first-order valence-corrected chi connectivity index (χ1v) is 7.38. The van der Waals surface area contributed by atoms with Gasteiger partial charge in [0.1, 0.15) is 5.52 Å². The summed E-state index contributed by atoms with van der Waals surface area (Å²) in [7, 11) is 0. The quantitative estimate of drug-likeness (QED) is 0.331. The lowest BCUT2D eigenvalue weighted by Crippen LogP contribution is -2.24. The van der Waals surface area contributed by atoms with Gasteiger partial charge in [0.05, 0.1) is 11.8 Å². The van der Waals surface area contributed by atoms with E-state index < -0.39 is 12.0 Å². The molecule has 0 atom stereocenters. The van der Waals surface area contributed by atoms with E-state index in [0.29, 0.717) is 16.6 Å². The van der Waals surface area contributed by atoms with Crippen molar-refractivity contribution in [2.24, 2.45) is 10.8 Å². The maximum absolute atomic E-state index is 12.4. The zero-order valence-corrected chi connectivity index (χ0v) is 13.0. The van der Waals surface area contributed by atoms with Crippen molar-refractivity contribution in [2.75, 3.05) is 0 Å². The Morgan fingerprint density at radius 3 is 2.64 bits per heavy atom. The van der Waals surface area contributed by atoms with Crippen molar-refractivity contribution in [3.05, 3.63) is 71.9 Å². The van der Waals surface area contributed by atoms with Gasteiger partial charge < -0.3 is 10.5 Å². The fourth-order valence-corrected chi connectivity index (χ4v) is 2.23. The molecule has 0 fully saturated rings. The topological polar surface area (TPSA) is 107 Å². The van der Waals surface area contributed by atoms with E-state index in [4.69, 9.17) is 10.5 Å². The number of ether oxygens (including phenoxy) is 1. The maximum Gasteiger partial charge on any atom is 0.343 e. The minimum atomic E-state index is -0.794. The van der Waals surface area contributed by atoms with E-state index in [0.717, 1.165) is 5.39 Å². The van der Waals surface area contributed by atoms with Crippen LogP contribution >= 0.6 is 0 Å². The molecule has 7 heteroatoms. The lowest BCUT2D eigenvalue weighted by molar-refractivity contribution is 0.0736. The molecule has 0 aliphatic carbocycles. The molecule has 0 spiro atoms. The smallest absolute Gasteiger partial charge is 0.343 e. The predicted octanol–water partition coefficient (Wildman–Crippen LogP) is 2.46. The molecule has 25 heavy (non-hydrogen) atoms. The SMILES string of the molecule is NC(=O)NN=Cc1ccc2cccnc2c1OC(=O)c1ccccc1. The summed E-state index contributed by atoms with van der Waals surface area (Å²) in [6, 6.07) is 15.0. The second-order valence-electron chi connectivity index (χ2n) is 5.05. The van der Waals surface area contributed by atoms with Crippen LogP contribution in [0.5, 0.6) is 5.75 Å². The van der Waals surface area contributed by atoms with Crippen molar-refractivity contribution >= 4 is 29.1 Å². The number of carbonyl (C=O) groups excluding carboxylic acids is 2. The summed E-state index contributed by atoms with van der Waals surface area (Å²) in [5.74, 6) is -0.266. The summed E-state index contributed by atoms with van der Waals surface area (Å²) < 4.78 is 5.57. The highest BCUT2D eigenvalue weighted by Crippen LogP contribution is 2.28. The molecule has 124 valence electrons. The number of hydrazone groups is 1. The van der Waals surface area contributed by atoms with E-state index in [-0.39, 0.29) is 5.75 Å². The van der Waals surface area contributed by atoms with Crippen LogP contribution in [0.2, 0.25) is 0 Å². The molecule has 0 saturated carbocycles. The Balaban J connectivity index is 2.02. The number of nitrogens with one attached hydrogen (secondary N) is 1. The number of pyridine rings is 1. The third kappa shape index (κ3) is 3.78. The van der Waals surface area contributed by atoms with Crippen LogP contribution in [0.15, 0.2) is 65.9 Å². The third-order valence-electron chi connectivity index (χ3n) is 3.34. The monoisotopic (exact) mass is 334 g/mol. The molecule has 0 aliphatic rings. The van der Waals surface area contributed by atoms with E-state index in [1.54, 1.807) is 42.6 Å². The van der Waals surface area contributed by atoms with E-state index >= 15 is 0 Å². The molecule has 3 rings (SSSR count). The summed E-state index contributed by atoms with van der Waals surface area (Å²) in [6.07, 6.45) is 2.94. The number of aromatic nitrogens is 1. The van der Waals surface area contributed by atoms with Gasteiger partial charge in [-0.2, -0.15) is 5.10 Å². The van der Waals surface area contributed by atoms with Crippen LogP contribution in [0.3, 0.4) is 0 Å². The Bertz CT molecular complexity index is 955. The Morgan fingerprint density at radius 1 is 1.08 bits per heavy atom. The zero-order chi connectivity index (χ0) is 17.6. The van der Waals surface area contributed by atoms with Crippen molar-refractivity contribution < 1.29 is 14.3 Å². The minimum Gasteiger partial charge on any atom is -0.420 e. The van der Waals surface area contributed by atoms with Gasteiger partial charge in [-0.3, -0.25) is 4.98 Å². The summed E-state index contributed by atoms with van der Waals surface area (Å²) >= 11 is 0. The molecular formula is C18H14N4O3. The average Bonchev–Trinajstić information content (AvgIpc) is 2.63. The number of carbonyl (C=O) groups is 2. The molecule has 7 nitrogen and oxygen atoms in total. The summed E-state index contributed by atoms with van der Waals surface area (Å²) in [5, 5.41) is 4.52. The molecule has 1 aromatic heterocycles. The zero-order valence-electron chi connectivity index (χ0n) is 13.0. The van der Waals surface area contributed by atoms with Crippen LogP contribution in [0.1, 0.15) is 15.9 Å². The average molecular weight is 334 g/mol. The van der Waals surface area contributed by atoms with E-state index in [2.05, 4.69) is 15.5 Å². The van der Waals surface area contributed by atoms with Gasteiger partial charge in [0.2, 0.25) is 0 Å². The number of urea groups is 1. The van der Waals surface area contributed by atoms with E-state index in [9.17, 15) is 9.59 Å². The number of benzene rings is 2. The standard InChI is InChI=1S/C18H14N4O3/c19-18(24)22-21-11-14-9-8-12-7-4-10-20-15(12)16(14)25-17(23)13-5-2-1-3-6-13/h1-11H,(H3,19,22,24). The lowest BCUT2D eigenvalue weighted by atomic mass is 10.1. The van der Waals surface area contributed by atoms with Crippen molar-refractivity contribution in [3.63, 3.8) is 0 Å². The molecule has 0 bridgehead atoms. The normalized spacial score (nSPS) is 10.7. The molecule has 2 amide bonds. The highest BCUT2D eigenvalue weighted by molar-refractivity contribution is 5.99. The molecule has 3 aromatic rings. The highest BCUT2D eigenvalue weighted by Gasteiger charge is 2.15. The van der Waals surface area contributed by atoms with Crippen molar-refractivity contribution in [2.45, 2.75) is 0 Å². The van der Waals surface area contributed by atoms with Gasteiger partial charge in [-0.05, 0) is 24.3 Å². The number of nitrogens with two attached hydrogens (primary N) is 1. The molecule has 0 aliphatic heterocycles. The summed E-state index contributed by atoms with van der Waals surface area (Å²) in [4.78, 5) is 27.4. The predicted molar refractivity (Wildman–Crippen MR) is 93.5 cm³/mol. The highest BCUT2D eigenvalue weighted by atomic mass is 16.5. The minimum absolute atomic E-state index is 0.252. The first-order valence-electron chi connectivity index (χ1n) is 7.38. The maximum atomic E-state index is 12.4. The molecule has 0 saturated heterocycles. The first kappa shape index (κ1) is 16.1. The number of fused-ring (bicyclic) bond motifs is 1. The lowest BCUT2D eigenvalue weighted by Gasteiger charge is -2.10. The molecule has 0 radical (unpaired) electrons. The molecule has 2 aromatic carbocycles. The summed E-state index contributed by atoms with van der Waals surface area (Å²) in [6.45, 7) is 0. The number of esters is 1. The van der Waals surface area contributed by atoms with Crippen molar-refractivity contribution in [3.8, 4) is 5.75 Å². The van der Waals surface area contributed by atoms with Crippen LogP contribution in [0.4, 0.5) is 4.79 Å². The van der Waals surface area contributed by atoms with Crippen LogP contribution in [-0.2, 0) is 0 Å². The molecule has 1 heterocycles. The van der Waals surface area contributed by atoms with Crippen LogP contribution in [0, 0.1) is 0 Å². The number of hydrogen-bond acceptors (Lipinski definition) is 5. The Labute approximate surface area is 143 Å². The second-order valence-corrected chi connectivity index (χ2v) is 5.05. The van der Waals surface area contributed by atoms with Crippen LogP contribution < -0.4 is 15.9 Å². The molecular weight excluding hydrogens is 320 g/mol. The largest absolute Gasteiger partial charge is 0.420 e. The number of rotatable bonds is 4. The van der Waals surface area contributed by atoms with Crippen LogP contribution in [-0.4, -0.2) is 23.2 Å². The van der Waals surface area contributed by atoms with Gasteiger partial charge in [0, 0.05) is 17.1 Å². The fraction of sp³-hybridized carbons (Fsp3) is 0. The number of hydrogen-bond donors (Lipinski definition) is 2. The molecule has 0 unspecified atom stereocenters. The van der Waals surface area contributed by atoms with Crippen LogP contribution in [0.25, 0.3) is 10.9 Å². The molecule has 3 N–H and O–H groups in total. The Kier molecular flexibility index (Phi) is 4.66. The van der Waals surface area contributed by atoms with Gasteiger partial charge in [-0.25, -0.2) is 15.0 Å². The van der Waals surface area contributed by atoms with Gasteiger partial charge in [-0.15, -0.1) is 0 Å². The van der Waals surface area contributed by atoms with Crippen molar-refractivity contribution in [1.29, 1.82) is 0 Å². The third-order valence-corrected chi connectivity index (χ3v) is 3.34. The number of primary amides is 1. The van der Waals surface area contributed by atoms with Gasteiger partial charge in [0.15, 0.2) is 5.75 Å². The number of amides is 2. The summed E-state index contributed by atoms with van der Waals surface area (Å²) in [5.41, 5.74) is 8.48. The van der Waals surface area contributed by atoms with E-state index in [1.807, 2.05) is 18.2 Å². The van der Waals surface area contributed by atoms with Gasteiger partial charge >= 0.3 is 12.0 Å². The Hall–Kier alpha value is -3.74. The fourth-order valence-electron chi connectivity index (χ4n) is 2.23. The Morgan fingerprint density at radius 2 is 1.88 bits per heavy atom. The van der Waals surface area contributed by atoms with Gasteiger partial charge in [-0.1, -0.05) is 30.3 Å². The van der Waals surface area contributed by atoms with Gasteiger partial charge in [0.25, 0.3) is 0 Å². The van der Waals surface area contributed by atoms with E-state index in [1.165, 1.54) is 6.21 Å². The van der Waals surface area contributed by atoms with Crippen molar-refractivity contribution in [1.82, 2.24) is 10.4 Å². The number of nitrogens with zero attached hydrogens (tertiary/aromatic N) is 2. The first-order chi connectivity index (χ1) is 12.1.